The van der Waals surface area contributed by atoms with Crippen LogP contribution in [0.4, 0.5) is 8.78 Å². The molecule has 1 aromatic rings. The van der Waals surface area contributed by atoms with E-state index in [0.717, 1.165) is 0 Å². The van der Waals surface area contributed by atoms with Gasteiger partial charge in [0.05, 0.1) is 11.6 Å². The predicted octanol–water partition coefficient (Wildman–Crippen LogP) is 3.13. The molecular weight excluding hydrogens is 249 g/mol. The van der Waals surface area contributed by atoms with Gasteiger partial charge in [-0.2, -0.15) is 0 Å². The standard InChI is InChI=1S/C9H8Cl2F2O2/c10-6-1-5(3-14)9(7(11)2-6)15-4-8(12)13/h1-2,8,14H,3-4H2. The van der Waals surface area contributed by atoms with E-state index in [2.05, 4.69) is 0 Å². The topological polar surface area (TPSA) is 29.5 Å². The van der Waals surface area contributed by atoms with Gasteiger partial charge in [0.2, 0.25) is 0 Å². The molecule has 0 aliphatic rings. The van der Waals surface area contributed by atoms with Crippen LogP contribution in [0.3, 0.4) is 0 Å². The van der Waals surface area contributed by atoms with Crippen molar-refractivity contribution >= 4 is 23.2 Å². The number of ether oxygens (including phenoxy) is 1. The van der Waals surface area contributed by atoms with E-state index >= 15 is 0 Å². The van der Waals surface area contributed by atoms with E-state index in [9.17, 15) is 8.78 Å². The zero-order valence-electron chi connectivity index (χ0n) is 7.51. The highest BCUT2D eigenvalue weighted by Gasteiger charge is 2.12. The summed E-state index contributed by atoms with van der Waals surface area (Å²) in [6.45, 7) is -1.15. The van der Waals surface area contributed by atoms with Crippen LogP contribution in [0.2, 0.25) is 10.0 Å². The van der Waals surface area contributed by atoms with Crippen LogP contribution in [0.25, 0.3) is 0 Å². The Balaban J connectivity index is 2.93. The molecule has 1 rings (SSSR count). The number of hydrogen-bond acceptors (Lipinski definition) is 2. The molecule has 0 radical (unpaired) electrons. The molecule has 0 aromatic heterocycles. The summed E-state index contributed by atoms with van der Waals surface area (Å²) in [7, 11) is 0. The van der Waals surface area contributed by atoms with Gasteiger partial charge in [-0.3, -0.25) is 0 Å². The zero-order valence-corrected chi connectivity index (χ0v) is 9.03. The van der Waals surface area contributed by atoms with Gasteiger partial charge in [0, 0.05) is 10.6 Å². The van der Waals surface area contributed by atoms with Crippen LogP contribution in [-0.2, 0) is 6.61 Å². The predicted molar refractivity (Wildman–Crippen MR) is 53.9 cm³/mol. The smallest absolute Gasteiger partial charge is 0.272 e. The van der Waals surface area contributed by atoms with Crippen LogP contribution in [0, 0.1) is 0 Å². The van der Waals surface area contributed by atoms with Crippen LogP contribution < -0.4 is 4.74 Å². The Morgan fingerprint density at radius 2 is 2.00 bits per heavy atom. The SMILES string of the molecule is OCc1cc(Cl)cc(Cl)c1OCC(F)F. The Kier molecular flexibility index (Phi) is 4.57. The molecule has 2 nitrogen and oxygen atoms in total. The third-order valence-corrected chi connectivity index (χ3v) is 2.11. The lowest BCUT2D eigenvalue weighted by atomic mass is 10.2. The molecule has 15 heavy (non-hydrogen) atoms. The molecule has 1 N–H and O–H groups in total. The van der Waals surface area contributed by atoms with Crippen molar-refractivity contribution < 1.29 is 18.6 Å². The quantitative estimate of drug-likeness (QED) is 0.897. The molecule has 0 saturated carbocycles. The van der Waals surface area contributed by atoms with Gasteiger partial charge < -0.3 is 9.84 Å². The van der Waals surface area contributed by atoms with Gasteiger partial charge in [0.25, 0.3) is 6.43 Å². The van der Waals surface area contributed by atoms with E-state index in [1.54, 1.807) is 0 Å². The third-order valence-electron chi connectivity index (χ3n) is 1.61. The van der Waals surface area contributed by atoms with Crippen molar-refractivity contribution in [3.8, 4) is 5.75 Å². The first-order valence-corrected chi connectivity index (χ1v) is 4.80. The Labute approximate surface area is 95.4 Å². The summed E-state index contributed by atoms with van der Waals surface area (Å²) in [5.41, 5.74) is 0.285. The lowest BCUT2D eigenvalue weighted by molar-refractivity contribution is 0.0806. The Hall–Kier alpha value is -0.580. The summed E-state index contributed by atoms with van der Waals surface area (Å²) in [5, 5.41) is 9.37. The first-order chi connectivity index (χ1) is 7.04. The van der Waals surface area contributed by atoms with Crippen LogP contribution in [0.1, 0.15) is 5.56 Å². The number of alkyl halides is 2. The van der Waals surface area contributed by atoms with Crippen molar-refractivity contribution in [2.45, 2.75) is 13.0 Å². The Bertz CT molecular complexity index is 345. The van der Waals surface area contributed by atoms with Crippen LogP contribution >= 0.6 is 23.2 Å². The molecule has 6 heteroatoms. The van der Waals surface area contributed by atoms with Gasteiger partial charge in [-0.25, -0.2) is 8.78 Å². The largest absolute Gasteiger partial charge is 0.486 e. The summed E-state index contributed by atoms with van der Waals surface area (Å²) in [5.74, 6) is 0.0452. The molecule has 0 fully saturated rings. The highest BCUT2D eigenvalue weighted by Crippen LogP contribution is 2.32. The first kappa shape index (κ1) is 12.5. The van der Waals surface area contributed by atoms with Crippen molar-refractivity contribution in [2.24, 2.45) is 0 Å². The van der Waals surface area contributed by atoms with Gasteiger partial charge in [-0.15, -0.1) is 0 Å². The second-order valence-electron chi connectivity index (χ2n) is 2.74. The fraction of sp³-hybridized carbons (Fsp3) is 0.333. The van der Waals surface area contributed by atoms with Gasteiger partial charge in [0.15, 0.2) is 0 Å². The molecule has 1 aromatic carbocycles. The molecule has 0 aliphatic heterocycles. The fourth-order valence-electron chi connectivity index (χ4n) is 1.04. The monoisotopic (exact) mass is 256 g/mol. The summed E-state index contributed by atoms with van der Waals surface area (Å²) >= 11 is 11.4. The minimum absolute atomic E-state index is 0.0452. The highest BCUT2D eigenvalue weighted by molar-refractivity contribution is 6.35. The van der Waals surface area contributed by atoms with E-state index < -0.39 is 13.0 Å². The van der Waals surface area contributed by atoms with Crippen LogP contribution in [-0.4, -0.2) is 18.1 Å². The number of aliphatic hydroxyl groups excluding tert-OH is 1. The fourth-order valence-corrected chi connectivity index (χ4v) is 1.63. The van der Waals surface area contributed by atoms with Gasteiger partial charge in [-0.05, 0) is 12.1 Å². The third kappa shape index (κ3) is 3.48. The van der Waals surface area contributed by atoms with Gasteiger partial charge >= 0.3 is 0 Å². The first-order valence-electron chi connectivity index (χ1n) is 4.04. The minimum atomic E-state index is -2.59. The van der Waals surface area contributed by atoms with Gasteiger partial charge in [-0.1, -0.05) is 23.2 Å². The maximum absolute atomic E-state index is 11.9. The van der Waals surface area contributed by atoms with Crippen molar-refractivity contribution in [1.82, 2.24) is 0 Å². The van der Waals surface area contributed by atoms with E-state index in [-0.39, 0.29) is 22.9 Å². The zero-order chi connectivity index (χ0) is 11.4. The summed E-state index contributed by atoms with van der Waals surface area (Å²) < 4.78 is 28.6. The molecule has 0 bridgehead atoms. The molecule has 0 saturated heterocycles. The van der Waals surface area contributed by atoms with E-state index in [0.29, 0.717) is 5.02 Å². The normalized spacial score (nSPS) is 10.8. The highest BCUT2D eigenvalue weighted by atomic mass is 35.5. The molecule has 0 amide bonds. The van der Waals surface area contributed by atoms with Crippen molar-refractivity contribution in [3.63, 3.8) is 0 Å². The number of benzene rings is 1. The second kappa shape index (κ2) is 5.49. The van der Waals surface area contributed by atoms with Crippen LogP contribution in [0.5, 0.6) is 5.75 Å². The maximum Gasteiger partial charge on any atom is 0.272 e. The summed E-state index contributed by atoms with van der Waals surface area (Å²) in [4.78, 5) is 0. The van der Waals surface area contributed by atoms with E-state index in [1.807, 2.05) is 0 Å². The van der Waals surface area contributed by atoms with Crippen molar-refractivity contribution in [2.75, 3.05) is 6.61 Å². The number of aliphatic hydroxyl groups is 1. The average molecular weight is 257 g/mol. The number of rotatable bonds is 4. The van der Waals surface area contributed by atoms with Crippen molar-refractivity contribution in [1.29, 1.82) is 0 Å². The van der Waals surface area contributed by atoms with E-state index in [4.69, 9.17) is 33.0 Å². The molecule has 84 valence electrons. The second-order valence-corrected chi connectivity index (χ2v) is 3.58. The molecule has 0 heterocycles. The lowest BCUT2D eigenvalue weighted by Crippen LogP contribution is -2.08. The Morgan fingerprint density at radius 1 is 1.33 bits per heavy atom. The molecule has 0 atom stereocenters. The van der Waals surface area contributed by atoms with Crippen molar-refractivity contribution in [3.05, 3.63) is 27.7 Å². The van der Waals surface area contributed by atoms with E-state index in [1.165, 1.54) is 12.1 Å². The molecule has 0 spiro atoms. The molecule has 0 aliphatic carbocycles. The van der Waals surface area contributed by atoms with Crippen LogP contribution in [0.15, 0.2) is 12.1 Å². The molecule has 0 unspecified atom stereocenters. The number of halogens is 4. The average Bonchev–Trinajstić information content (AvgIpc) is 2.14. The lowest BCUT2D eigenvalue weighted by Gasteiger charge is -2.11. The minimum Gasteiger partial charge on any atom is -0.486 e. The molecular formula is C9H8Cl2F2O2. The van der Waals surface area contributed by atoms with Gasteiger partial charge in [0.1, 0.15) is 12.4 Å². The Morgan fingerprint density at radius 3 is 2.53 bits per heavy atom. The summed E-state index contributed by atoms with van der Waals surface area (Å²) in [6, 6.07) is 2.78. The summed E-state index contributed by atoms with van der Waals surface area (Å²) in [6.07, 6.45) is -2.59. The number of hydrogen-bond donors (Lipinski definition) is 1. The maximum atomic E-state index is 11.9.